The smallest absolute Gasteiger partial charge is 0.0665 e. The van der Waals surface area contributed by atoms with Crippen LogP contribution in [0.25, 0.3) is 64.6 Å². The molecule has 0 aromatic heterocycles. The van der Waals surface area contributed by atoms with Crippen molar-refractivity contribution in [2.24, 2.45) is 0 Å². The van der Waals surface area contributed by atoms with E-state index in [-0.39, 0.29) is 0 Å². The summed E-state index contributed by atoms with van der Waals surface area (Å²) in [6, 6.07) is 43.7. The van der Waals surface area contributed by atoms with Crippen LogP contribution in [0.3, 0.4) is 0 Å². The van der Waals surface area contributed by atoms with Gasteiger partial charge in [-0.3, -0.25) is 0 Å². The minimum Gasteiger partial charge on any atom is -0.0732 e. The third-order valence-electron chi connectivity index (χ3n) is 16.3. The van der Waals surface area contributed by atoms with Crippen LogP contribution in [0, 0.1) is 0 Å². The Kier molecular flexibility index (Phi) is 6.14. The average Bonchev–Trinajstić information content (AvgIpc) is 3.07. The molecule has 0 unspecified atom stereocenters. The first kappa shape index (κ1) is 31.1. The van der Waals surface area contributed by atoms with Crippen LogP contribution >= 0.6 is 0 Å². The molecule has 0 aliphatic carbocycles. The van der Waals surface area contributed by atoms with Crippen LogP contribution in [-0.2, 0) is 0 Å². The van der Waals surface area contributed by atoms with Crippen LogP contribution in [0.4, 0.5) is 0 Å². The van der Waals surface area contributed by atoms with Gasteiger partial charge in [0.15, 0.2) is 0 Å². The first-order valence-electron chi connectivity index (χ1n) is 18.0. The predicted molar refractivity (Wildman–Crippen MR) is 233 cm³/mol. The molecule has 240 valence electrons. The fourth-order valence-electron chi connectivity index (χ4n) is 11.8. The van der Waals surface area contributed by atoms with Gasteiger partial charge in [-0.15, -0.1) is 0 Å². The molecular formula is C42H48Si6. The normalized spacial score (nSPS) is 24.9. The van der Waals surface area contributed by atoms with E-state index in [0.717, 1.165) is 0 Å². The van der Waals surface area contributed by atoms with E-state index < -0.39 is 42.7 Å². The number of rotatable bonds is 2. The lowest BCUT2D eigenvalue weighted by Crippen LogP contribution is -3.05. The van der Waals surface area contributed by atoms with Crippen molar-refractivity contribution in [3.05, 3.63) is 109 Å². The van der Waals surface area contributed by atoms with E-state index in [1.807, 2.05) is 10.4 Å². The first-order valence-corrected chi connectivity index (χ1v) is 41.0. The lowest BCUT2D eigenvalue weighted by Gasteiger charge is -2.74. The van der Waals surface area contributed by atoms with Crippen LogP contribution in [0.2, 0.25) is 65.5 Å². The Morgan fingerprint density at radius 3 is 0.833 bits per heavy atom. The second-order valence-corrected chi connectivity index (χ2v) is 87.3. The quantitative estimate of drug-likeness (QED) is 0.123. The molecule has 9 rings (SSSR count). The van der Waals surface area contributed by atoms with Gasteiger partial charge in [-0.05, 0) is 64.6 Å². The van der Waals surface area contributed by atoms with Crippen molar-refractivity contribution in [1.82, 2.24) is 0 Å². The predicted octanol–water partition coefficient (Wildman–Crippen LogP) is 11.1. The van der Waals surface area contributed by atoms with Gasteiger partial charge in [0.05, 0.1) is 14.2 Å². The zero-order chi connectivity index (χ0) is 33.8. The standard InChI is InChI=1S/C42H48Si6/c1-43(2)44(3,4)48(10,38-28-24-34-20-18-30-14-12-16-32-22-26-36(38)42(34)40(30)32)46(7,8)45(5,6)47(43,9)37-27-23-33-19-17-29-13-11-15-31-21-25-35(37)41(33)39(29)31/h11-28H,1-10H3. The van der Waals surface area contributed by atoms with E-state index in [9.17, 15) is 0 Å². The Bertz CT molecular complexity index is 2370. The van der Waals surface area contributed by atoms with E-state index >= 15 is 0 Å². The molecule has 1 fully saturated rings. The molecule has 1 saturated heterocycles. The van der Waals surface area contributed by atoms with Gasteiger partial charge in [0.1, 0.15) is 0 Å². The summed E-state index contributed by atoms with van der Waals surface area (Å²) >= 11 is 0. The molecule has 0 nitrogen and oxygen atoms in total. The van der Waals surface area contributed by atoms with Crippen molar-refractivity contribution in [2.45, 2.75) is 65.5 Å². The zero-order valence-electron chi connectivity index (χ0n) is 30.4. The molecule has 0 N–H and O–H groups in total. The van der Waals surface area contributed by atoms with Crippen LogP contribution in [-0.4, -0.2) is 42.7 Å². The lowest BCUT2D eigenvalue weighted by molar-refractivity contribution is 1.73. The van der Waals surface area contributed by atoms with Gasteiger partial charge in [0, 0.05) is 28.4 Å². The summed E-state index contributed by atoms with van der Waals surface area (Å²) < 4.78 is 0. The molecular weight excluding hydrogens is 673 g/mol. The maximum Gasteiger partial charge on any atom is 0.0665 e. The van der Waals surface area contributed by atoms with E-state index in [4.69, 9.17) is 0 Å². The molecule has 1 heterocycles. The molecule has 0 spiro atoms. The van der Waals surface area contributed by atoms with E-state index in [2.05, 4.69) is 175 Å². The Hall–Kier alpha value is -2.86. The molecule has 0 amide bonds. The van der Waals surface area contributed by atoms with Crippen LogP contribution < -0.4 is 10.4 Å². The van der Waals surface area contributed by atoms with Crippen molar-refractivity contribution >= 4 is 118 Å². The number of benzene rings is 8. The highest BCUT2D eigenvalue weighted by atomic mass is 30.2. The Morgan fingerprint density at radius 1 is 0.271 bits per heavy atom. The van der Waals surface area contributed by atoms with E-state index in [0.29, 0.717) is 0 Å². The molecule has 1 aliphatic rings. The molecule has 8 aromatic carbocycles. The summed E-state index contributed by atoms with van der Waals surface area (Å²) in [5, 5.41) is 21.4. The zero-order valence-corrected chi connectivity index (χ0v) is 36.4. The monoisotopic (exact) mass is 720 g/mol. The SMILES string of the molecule is C[Si]1(C)[Si](C)(C)[Si](C)(c2ccc3ccc4cccc5ccc2c3c45)[Si](C)(C)[Si](C)(C)[Si]1(C)c1ccc2ccc3cccc4ccc1c2c34. The van der Waals surface area contributed by atoms with Crippen molar-refractivity contribution < 1.29 is 0 Å². The second kappa shape index (κ2) is 9.47. The summed E-state index contributed by atoms with van der Waals surface area (Å²) in [6.45, 7) is 29.5. The molecule has 0 saturated carbocycles. The van der Waals surface area contributed by atoms with Crippen molar-refractivity contribution in [3.8, 4) is 0 Å². The van der Waals surface area contributed by atoms with Crippen LogP contribution in [0.5, 0.6) is 0 Å². The summed E-state index contributed by atoms with van der Waals surface area (Å²) in [5.74, 6) is 0. The van der Waals surface area contributed by atoms with Gasteiger partial charge < -0.3 is 0 Å². The number of hydrogen-bond donors (Lipinski definition) is 0. The van der Waals surface area contributed by atoms with E-state index in [1.54, 1.807) is 21.5 Å². The number of hydrogen-bond acceptors (Lipinski definition) is 0. The van der Waals surface area contributed by atoms with Crippen molar-refractivity contribution in [1.29, 1.82) is 0 Å². The van der Waals surface area contributed by atoms with Crippen molar-refractivity contribution in [2.75, 3.05) is 0 Å². The first-order chi connectivity index (χ1) is 22.6. The largest absolute Gasteiger partial charge is 0.0732 e. The fraction of sp³-hybridized carbons (Fsp3) is 0.238. The highest BCUT2D eigenvalue weighted by Crippen LogP contribution is 2.53. The van der Waals surface area contributed by atoms with Gasteiger partial charge in [-0.2, -0.15) is 0 Å². The maximum atomic E-state index is 2.97. The van der Waals surface area contributed by atoms with Gasteiger partial charge in [-0.25, -0.2) is 0 Å². The average molecular weight is 721 g/mol. The highest BCUT2D eigenvalue weighted by Gasteiger charge is 2.79. The molecule has 48 heavy (non-hydrogen) atoms. The molecule has 0 radical (unpaired) electrons. The van der Waals surface area contributed by atoms with Crippen LogP contribution in [0.15, 0.2) is 109 Å². The minimum absolute atomic E-state index is 1.39. The molecule has 1 aliphatic heterocycles. The topological polar surface area (TPSA) is 0 Å². The minimum atomic E-state index is -1.95. The molecule has 6 heteroatoms. The van der Waals surface area contributed by atoms with Gasteiger partial charge in [0.25, 0.3) is 0 Å². The maximum absolute atomic E-state index is 2.97. The third kappa shape index (κ3) is 3.27. The molecule has 0 bridgehead atoms. The lowest BCUT2D eigenvalue weighted by atomic mass is 9.94. The van der Waals surface area contributed by atoms with Crippen molar-refractivity contribution in [3.63, 3.8) is 0 Å². The van der Waals surface area contributed by atoms with Gasteiger partial charge in [0.2, 0.25) is 0 Å². The summed E-state index contributed by atoms with van der Waals surface area (Å²) in [4.78, 5) is 0. The van der Waals surface area contributed by atoms with Gasteiger partial charge in [-0.1, -0.05) is 185 Å². The molecule has 8 aromatic rings. The van der Waals surface area contributed by atoms with Crippen LogP contribution in [0.1, 0.15) is 0 Å². The molecule has 0 atom stereocenters. The summed E-state index contributed by atoms with van der Waals surface area (Å²) in [7, 11) is -11.1. The van der Waals surface area contributed by atoms with Gasteiger partial charge >= 0.3 is 0 Å². The summed E-state index contributed by atoms with van der Waals surface area (Å²) in [6.07, 6.45) is 0. The van der Waals surface area contributed by atoms with E-state index in [1.165, 1.54) is 43.1 Å². The Morgan fingerprint density at radius 2 is 0.521 bits per heavy atom. The summed E-state index contributed by atoms with van der Waals surface area (Å²) in [5.41, 5.74) is 0. The highest BCUT2D eigenvalue weighted by molar-refractivity contribution is 8.16. The Balaban J connectivity index is 1.36. The Labute approximate surface area is 290 Å². The third-order valence-corrected chi connectivity index (χ3v) is 164. The fourth-order valence-corrected chi connectivity index (χ4v) is 253. The second-order valence-electron chi connectivity index (χ2n) is 17.7.